The largest absolute Gasteiger partial charge is 0.486 e. The Hall–Kier alpha value is -7.26. The van der Waals surface area contributed by atoms with E-state index in [1.54, 1.807) is 31.8 Å². The van der Waals surface area contributed by atoms with E-state index >= 15 is 0 Å². The average Bonchev–Trinajstić information content (AvgIpc) is 3.64. The molecule has 7 heterocycles. The molecule has 4 aliphatic rings. The van der Waals surface area contributed by atoms with Gasteiger partial charge in [0.1, 0.15) is 42.3 Å². The summed E-state index contributed by atoms with van der Waals surface area (Å²) in [5.41, 5.74) is 8.37. The molecular weight excluding hydrogens is 1060 g/mol. The molecule has 8 aromatic rings. The summed E-state index contributed by atoms with van der Waals surface area (Å²) in [5, 5.41) is 46.8. The lowest BCUT2D eigenvalue weighted by atomic mass is 9.91. The first kappa shape index (κ1) is 53.4. The normalized spacial score (nSPS) is 20.0. The Kier molecular flexibility index (Phi) is 14.9. The van der Waals surface area contributed by atoms with Crippen molar-refractivity contribution in [3.63, 3.8) is 0 Å². The third-order valence-corrected chi connectivity index (χ3v) is 16.8. The summed E-state index contributed by atoms with van der Waals surface area (Å²) in [4.78, 5) is 47.1. The van der Waals surface area contributed by atoms with Crippen molar-refractivity contribution < 1.29 is 34.0 Å². The standard InChI is InChI=1S/C59H62Cl2N12O7/c1-31(2)54(58(77)72-26-40(75)20-49(72)57(76)65-48(28-74)37-16-14-35(15-17-37)45-7-5-6-18-62-45)73-27-47(69-70-73)36-10-8-33(9-11-36)30-79-55-51(50-43-24-64-68-46(43)22-44(60)52(50)61)41(34-12-13-34)21-42-53(55)66-59(80-29-32(3)78-4)67-56(42)71-25-38-19-39(71)23-63-38/h5-11,14-18,21-22,24,27,31-32,34,38-40,48-49,54,63,74-75H,12-13,19-20,23,25-26,28-30H2,1-4H3,(H,64,68)(H,65,76)/t32-,38-,39-,40+,48-,49-,54-/m0/s1. The minimum Gasteiger partial charge on any atom is -0.486 e. The number of ether oxygens (including phenoxy) is 3. The van der Waals surface area contributed by atoms with E-state index in [-0.39, 0.29) is 68.7 Å². The second-order valence-corrected chi connectivity index (χ2v) is 22.6. The van der Waals surface area contributed by atoms with Crippen LogP contribution in [0.4, 0.5) is 5.82 Å². The lowest BCUT2D eigenvalue weighted by Gasteiger charge is -2.30. The van der Waals surface area contributed by atoms with Crippen LogP contribution < -0.4 is 25.0 Å². The van der Waals surface area contributed by atoms with Crippen molar-refractivity contribution in [2.75, 3.05) is 44.9 Å². The van der Waals surface area contributed by atoms with Gasteiger partial charge in [-0.3, -0.25) is 19.7 Å². The zero-order chi connectivity index (χ0) is 55.3. The number of nitrogens with zero attached hydrogens (tertiary/aromatic N) is 9. The Balaban J connectivity index is 0.823. The van der Waals surface area contributed by atoms with Gasteiger partial charge < -0.3 is 44.9 Å². The summed E-state index contributed by atoms with van der Waals surface area (Å²) in [7, 11) is 1.64. The van der Waals surface area contributed by atoms with Crippen molar-refractivity contribution in [1.29, 1.82) is 0 Å². The van der Waals surface area contributed by atoms with Crippen LogP contribution in [0.15, 0.2) is 97.5 Å². The highest BCUT2D eigenvalue weighted by atomic mass is 35.5. The Bertz CT molecular complexity index is 3580. The predicted molar refractivity (Wildman–Crippen MR) is 304 cm³/mol. The van der Waals surface area contributed by atoms with E-state index in [0.29, 0.717) is 44.2 Å². The van der Waals surface area contributed by atoms with E-state index in [1.807, 2.05) is 87.5 Å². The zero-order valence-electron chi connectivity index (χ0n) is 44.7. The SMILES string of the molecule is CO[C@@H](C)COc1nc(N2C[C@@H]3C[C@H]2CN3)c2cc(C3CC3)c(-c3c(Cl)c(Cl)cc4[nH]ncc34)c(OCc3ccc(-c4cn([C@H](C(=O)N5C[C@H](O)C[C@H]5C(=O)N[C@@H](CO)c5ccc(-c6ccccn6)cc5)C(C)C)nn4)cc3)c2n1. The van der Waals surface area contributed by atoms with Crippen LogP contribution in [0.25, 0.3) is 55.4 Å². The molecule has 12 rings (SSSR count). The zero-order valence-corrected chi connectivity index (χ0v) is 46.2. The Labute approximate surface area is 472 Å². The molecule has 0 unspecified atom stereocenters. The number of aliphatic hydroxyl groups excluding tert-OH is 2. The van der Waals surface area contributed by atoms with Crippen molar-refractivity contribution in [3.8, 4) is 45.4 Å². The first-order chi connectivity index (χ1) is 38.8. The van der Waals surface area contributed by atoms with E-state index in [9.17, 15) is 19.8 Å². The summed E-state index contributed by atoms with van der Waals surface area (Å²) >= 11 is 14.2. The molecular formula is C59H62Cl2N12O7. The number of carbonyl (C=O) groups is 2. The van der Waals surface area contributed by atoms with Crippen molar-refractivity contribution in [1.82, 2.24) is 55.7 Å². The molecule has 4 aromatic heterocycles. The van der Waals surface area contributed by atoms with E-state index in [4.69, 9.17) is 47.4 Å². The highest BCUT2D eigenvalue weighted by molar-refractivity contribution is 6.45. The summed E-state index contributed by atoms with van der Waals surface area (Å²) in [6.45, 7) is 7.36. The van der Waals surface area contributed by atoms with Gasteiger partial charge in [0.2, 0.25) is 11.8 Å². The molecule has 7 atom stereocenters. The summed E-state index contributed by atoms with van der Waals surface area (Å²) in [5.74, 6) is 0.419. The predicted octanol–water partition coefficient (Wildman–Crippen LogP) is 8.23. The minimum absolute atomic E-state index is 0.0382. The number of aliphatic hydroxyl groups is 2. The number of hydrogen-bond donors (Lipinski definition) is 5. The number of halogens is 2. The van der Waals surface area contributed by atoms with Gasteiger partial charge in [0.25, 0.3) is 0 Å². The van der Waals surface area contributed by atoms with Gasteiger partial charge in [0.15, 0.2) is 5.75 Å². The van der Waals surface area contributed by atoms with Gasteiger partial charge >= 0.3 is 6.01 Å². The molecule has 3 saturated heterocycles. The van der Waals surface area contributed by atoms with Gasteiger partial charge in [-0.2, -0.15) is 15.1 Å². The Morgan fingerprint density at radius 2 is 1.70 bits per heavy atom. The molecule has 3 aliphatic heterocycles. The van der Waals surface area contributed by atoms with Gasteiger partial charge in [-0.05, 0) is 79.0 Å². The molecule has 0 radical (unpaired) electrons. The van der Waals surface area contributed by atoms with Gasteiger partial charge in [-0.1, -0.05) is 96.9 Å². The molecule has 21 heteroatoms. The van der Waals surface area contributed by atoms with Crippen molar-refractivity contribution in [3.05, 3.63) is 124 Å². The Morgan fingerprint density at radius 3 is 2.40 bits per heavy atom. The molecule has 4 aromatic carbocycles. The summed E-state index contributed by atoms with van der Waals surface area (Å²) in [6, 6.07) is 23.1. The lowest BCUT2D eigenvalue weighted by Crippen LogP contribution is -2.50. The number of carbonyl (C=O) groups excluding carboxylic acids is 2. The number of benzene rings is 4. The van der Waals surface area contributed by atoms with E-state index in [1.165, 1.54) is 9.58 Å². The van der Waals surface area contributed by atoms with Crippen LogP contribution in [0.2, 0.25) is 10.0 Å². The van der Waals surface area contributed by atoms with Crippen LogP contribution in [0.1, 0.15) is 81.1 Å². The molecule has 1 aliphatic carbocycles. The second kappa shape index (κ2) is 22.3. The van der Waals surface area contributed by atoms with Crippen LogP contribution >= 0.6 is 23.2 Å². The highest BCUT2D eigenvalue weighted by Gasteiger charge is 2.44. The fourth-order valence-corrected chi connectivity index (χ4v) is 12.0. The molecule has 19 nitrogen and oxygen atoms in total. The van der Waals surface area contributed by atoms with Crippen LogP contribution in [-0.4, -0.2) is 137 Å². The second-order valence-electron chi connectivity index (χ2n) is 21.8. The third kappa shape index (κ3) is 10.4. The number of piperazine rings is 1. The van der Waals surface area contributed by atoms with Gasteiger partial charge in [0.05, 0.1) is 58.5 Å². The van der Waals surface area contributed by atoms with Crippen molar-refractivity contribution in [2.24, 2.45) is 5.92 Å². The first-order valence-corrected chi connectivity index (χ1v) is 28.0. The van der Waals surface area contributed by atoms with Crippen LogP contribution in [0.3, 0.4) is 0 Å². The van der Waals surface area contributed by atoms with E-state index in [0.717, 1.165) is 88.0 Å². The topological polar surface area (TPSA) is 231 Å². The number of rotatable bonds is 19. The molecule has 80 heavy (non-hydrogen) atoms. The van der Waals surface area contributed by atoms with E-state index in [2.05, 4.69) is 47.1 Å². The number of β-amino-alcohol motifs (C(OH)–C–C–N with tert-alkyl or cyclic N) is 1. The number of amides is 2. The van der Waals surface area contributed by atoms with E-state index < -0.39 is 30.1 Å². The number of aromatic nitrogens is 8. The molecule has 2 amide bonds. The quantitative estimate of drug-likeness (QED) is 0.0514. The molecule has 0 spiro atoms. The van der Waals surface area contributed by atoms with Gasteiger partial charge in [-0.25, -0.2) is 4.68 Å². The number of likely N-dealkylation sites (tertiary alicyclic amines) is 1. The maximum absolute atomic E-state index is 14.6. The molecule has 414 valence electrons. The van der Waals surface area contributed by atoms with Gasteiger partial charge in [-0.15, -0.1) is 5.10 Å². The smallest absolute Gasteiger partial charge is 0.319 e. The summed E-state index contributed by atoms with van der Waals surface area (Å²) < 4.78 is 20.5. The van der Waals surface area contributed by atoms with Crippen LogP contribution in [0.5, 0.6) is 11.8 Å². The number of anilines is 1. The number of H-pyrrole nitrogens is 1. The maximum atomic E-state index is 14.6. The van der Waals surface area contributed by atoms with Crippen LogP contribution in [-0.2, 0) is 20.9 Å². The number of hydrogen-bond acceptors (Lipinski definition) is 15. The molecule has 2 bridgehead atoms. The molecule has 4 fully saturated rings. The highest BCUT2D eigenvalue weighted by Crippen LogP contribution is 2.55. The molecule has 5 N–H and O–H groups in total. The number of pyridine rings is 1. The monoisotopic (exact) mass is 1120 g/mol. The lowest BCUT2D eigenvalue weighted by molar-refractivity contribution is -0.142. The third-order valence-electron chi connectivity index (χ3n) is 16.0. The number of aromatic amines is 1. The van der Waals surface area contributed by atoms with Crippen molar-refractivity contribution >= 4 is 62.6 Å². The average molecular weight is 1120 g/mol. The van der Waals surface area contributed by atoms with Crippen molar-refractivity contribution in [2.45, 2.75) is 101 Å². The van der Waals surface area contributed by atoms with Crippen LogP contribution in [0, 0.1) is 5.92 Å². The first-order valence-electron chi connectivity index (χ1n) is 27.2. The fourth-order valence-electron chi connectivity index (χ4n) is 11.6. The summed E-state index contributed by atoms with van der Waals surface area (Å²) in [6.07, 6.45) is 7.11. The minimum atomic E-state index is -0.981. The Morgan fingerprint density at radius 1 is 0.912 bits per heavy atom. The number of fused-ring (bicyclic) bond motifs is 4. The number of nitrogens with one attached hydrogen (secondary N) is 3. The fraction of sp³-hybridized carbons (Fsp3) is 0.390. The maximum Gasteiger partial charge on any atom is 0.319 e. The number of methoxy groups -OCH3 is 1. The molecule has 1 saturated carbocycles. The van der Waals surface area contributed by atoms with Gasteiger partial charge in [0, 0.05) is 84.5 Å².